The lowest BCUT2D eigenvalue weighted by Crippen LogP contribution is -1.80. The highest BCUT2D eigenvalue weighted by Gasteiger charge is 1.90. The van der Waals surface area contributed by atoms with Crippen molar-refractivity contribution in [3.05, 3.63) is 69.7 Å². The quantitative estimate of drug-likeness (QED) is 0.659. The van der Waals surface area contributed by atoms with Crippen molar-refractivity contribution in [3.8, 4) is 11.8 Å². The lowest BCUT2D eigenvalue weighted by atomic mass is 10.1. The molecule has 0 aliphatic heterocycles. The van der Waals surface area contributed by atoms with Gasteiger partial charge in [0.1, 0.15) is 0 Å². The standard InChI is InChI=1S/C15H10Cl2/c16-14-8-4-12(5-9-14)2-1-3-13-6-10-15(17)11-7-13/h4-11H,2H2. The number of halogens is 2. The summed E-state index contributed by atoms with van der Waals surface area (Å²) in [5, 5.41) is 1.48. The third-order valence-electron chi connectivity index (χ3n) is 2.28. The van der Waals surface area contributed by atoms with Gasteiger partial charge in [0.15, 0.2) is 0 Å². The Bertz CT molecular complexity index is 542. The number of rotatable bonds is 1. The Morgan fingerprint density at radius 3 is 1.88 bits per heavy atom. The van der Waals surface area contributed by atoms with E-state index in [0.29, 0.717) is 0 Å². The monoisotopic (exact) mass is 260 g/mol. The molecule has 0 atom stereocenters. The van der Waals surface area contributed by atoms with E-state index in [1.165, 1.54) is 0 Å². The van der Waals surface area contributed by atoms with Crippen LogP contribution in [0.25, 0.3) is 0 Å². The van der Waals surface area contributed by atoms with Gasteiger partial charge >= 0.3 is 0 Å². The van der Waals surface area contributed by atoms with E-state index in [1.807, 2.05) is 48.5 Å². The lowest BCUT2D eigenvalue weighted by Gasteiger charge is -1.94. The Kier molecular flexibility index (Phi) is 4.09. The van der Waals surface area contributed by atoms with Gasteiger partial charge in [-0.3, -0.25) is 0 Å². The fourth-order valence-electron chi connectivity index (χ4n) is 1.38. The normalized spacial score (nSPS) is 9.53. The molecule has 17 heavy (non-hydrogen) atoms. The predicted octanol–water partition coefficient (Wildman–Crippen LogP) is 4.59. The van der Waals surface area contributed by atoms with E-state index in [-0.39, 0.29) is 0 Å². The van der Waals surface area contributed by atoms with Gasteiger partial charge in [-0.25, -0.2) is 0 Å². The Balaban J connectivity index is 2.03. The van der Waals surface area contributed by atoms with E-state index in [2.05, 4.69) is 11.8 Å². The minimum atomic E-state index is 0.722. The van der Waals surface area contributed by atoms with Gasteiger partial charge in [-0.1, -0.05) is 47.2 Å². The van der Waals surface area contributed by atoms with Crippen molar-refractivity contribution in [3.63, 3.8) is 0 Å². The van der Waals surface area contributed by atoms with E-state index in [0.717, 1.165) is 27.6 Å². The molecule has 0 saturated heterocycles. The molecule has 0 aliphatic carbocycles. The summed E-state index contributed by atoms with van der Waals surface area (Å²) in [4.78, 5) is 0. The Morgan fingerprint density at radius 1 is 0.765 bits per heavy atom. The second-order valence-corrected chi connectivity index (χ2v) is 4.48. The van der Waals surface area contributed by atoms with Crippen LogP contribution in [0.5, 0.6) is 0 Å². The first kappa shape index (κ1) is 12.0. The molecule has 0 radical (unpaired) electrons. The molecule has 0 N–H and O–H groups in total. The molecule has 0 saturated carbocycles. The summed E-state index contributed by atoms with van der Waals surface area (Å²) in [5.74, 6) is 6.21. The van der Waals surface area contributed by atoms with Gasteiger partial charge in [0.2, 0.25) is 0 Å². The van der Waals surface area contributed by atoms with Gasteiger partial charge < -0.3 is 0 Å². The molecule has 0 heterocycles. The van der Waals surface area contributed by atoms with Crippen molar-refractivity contribution in [1.82, 2.24) is 0 Å². The van der Waals surface area contributed by atoms with E-state index < -0.39 is 0 Å². The molecule has 0 bridgehead atoms. The van der Waals surface area contributed by atoms with E-state index in [9.17, 15) is 0 Å². The molecule has 2 heteroatoms. The van der Waals surface area contributed by atoms with E-state index in [1.54, 1.807) is 0 Å². The first-order valence-electron chi connectivity index (χ1n) is 5.23. The van der Waals surface area contributed by atoms with Gasteiger partial charge in [0.25, 0.3) is 0 Å². The topological polar surface area (TPSA) is 0 Å². The average Bonchev–Trinajstić information content (AvgIpc) is 2.34. The average molecular weight is 261 g/mol. The summed E-state index contributed by atoms with van der Waals surface area (Å²) in [7, 11) is 0. The molecule has 2 aromatic rings. The maximum absolute atomic E-state index is 5.81. The molecule has 0 unspecified atom stereocenters. The Labute approximate surface area is 111 Å². The van der Waals surface area contributed by atoms with Crippen LogP contribution in [0.2, 0.25) is 10.0 Å². The third kappa shape index (κ3) is 3.82. The SMILES string of the molecule is Clc1ccc(C#CCc2ccc(Cl)cc2)cc1. The van der Waals surface area contributed by atoms with Crippen molar-refractivity contribution < 1.29 is 0 Å². The Hall–Kier alpha value is -1.42. The molecule has 0 fully saturated rings. The molecule has 2 rings (SSSR count). The molecular weight excluding hydrogens is 251 g/mol. The zero-order chi connectivity index (χ0) is 12.1. The minimum absolute atomic E-state index is 0.722. The molecule has 2 aromatic carbocycles. The zero-order valence-corrected chi connectivity index (χ0v) is 10.6. The fraction of sp³-hybridized carbons (Fsp3) is 0.0667. The second-order valence-electron chi connectivity index (χ2n) is 3.61. The highest BCUT2D eigenvalue weighted by atomic mass is 35.5. The third-order valence-corrected chi connectivity index (χ3v) is 2.79. The number of benzene rings is 2. The first-order valence-corrected chi connectivity index (χ1v) is 5.98. The van der Waals surface area contributed by atoms with Crippen LogP contribution in [0, 0.1) is 11.8 Å². The highest BCUT2D eigenvalue weighted by Crippen LogP contribution is 2.10. The van der Waals surface area contributed by atoms with Gasteiger partial charge in [-0.15, -0.1) is 0 Å². The molecular formula is C15H10Cl2. The number of hydrogen-bond acceptors (Lipinski definition) is 0. The maximum Gasteiger partial charge on any atom is 0.0406 e. The minimum Gasteiger partial charge on any atom is -0.0931 e. The van der Waals surface area contributed by atoms with Gasteiger partial charge in [-0.05, 0) is 42.0 Å². The number of hydrogen-bond donors (Lipinski definition) is 0. The van der Waals surface area contributed by atoms with Crippen LogP contribution in [-0.2, 0) is 6.42 Å². The van der Waals surface area contributed by atoms with Crippen molar-refractivity contribution >= 4 is 23.2 Å². The summed E-state index contributed by atoms with van der Waals surface area (Å²) in [6.07, 6.45) is 0.722. The largest absolute Gasteiger partial charge is 0.0931 e. The van der Waals surface area contributed by atoms with Gasteiger partial charge in [0.05, 0.1) is 0 Å². The Morgan fingerprint density at radius 2 is 1.29 bits per heavy atom. The van der Waals surface area contributed by atoms with Crippen LogP contribution >= 0.6 is 23.2 Å². The summed E-state index contributed by atoms with van der Waals surface area (Å²) in [6, 6.07) is 15.2. The molecule has 0 amide bonds. The lowest BCUT2D eigenvalue weighted by molar-refractivity contribution is 1.32. The molecule has 0 aliphatic rings. The highest BCUT2D eigenvalue weighted by molar-refractivity contribution is 6.30. The van der Waals surface area contributed by atoms with E-state index >= 15 is 0 Å². The van der Waals surface area contributed by atoms with Crippen molar-refractivity contribution in [2.75, 3.05) is 0 Å². The molecule has 0 spiro atoms. The van der Waals surface area contributed by atoms with Crippen LogP contribution in [-0.4, -0.2) is 0 Å². The van der Waals surface area contributed by atoms with Crippen LogP contribution < -0.4 is 0 Å². The zero-order valence-electron chi connectivity index (χ0n) is 9.08. The maximum atomic E-state index is 5.81. The smallest absolute Gasteiger partial charge is 0.0406 e. The van der Waals surface area contributed by atoms with Crippen LogP contribution in [0.3, 0.4) is 0 Å². The second kappa shape index (κ2) is 5.77. The molecule has 84 valence electrons. The summed E-state index contributed by atoms with van der Waals surface area (Å²) >= 11 is 11.6. The molecule has 0 aromatic heterocycles. The van der Waals surface area contributed by atoms with Crippen molar-refractivity contribution in [1.29, 1.82) is 0 Å². The summed E-state index contributed by atoms with van der Waals surface area (Å²) < 4.78 is 0. The van der Waals surface area contributed by atoms with Crippen LogP contribution in [0.4, 0.5) is 0 Å². The van der Waals surface area contributed by atoms with E-state index in [4.69, 9.17) is 23.2 Å². The van der Waals surface area contributed by atoms with Gasteiger partial charge in [-0.2, -0.15) is 0 Å². The van der Waals surface area contributed by atoms with Gasteiger partial charge in [0, 0.05) is 22.0 Å². The first-order chi connectivity index (χ1) is 8.24. The van der Waals surface area contributed by atoms with Crippen LogP contribution in [0.15, 0.2) is 48.5 Å². The fourth-order valence-corrected chi connectivity index (χ4v) is 1.64. The van der Waals surface area contributed by atoms with Crippen LogP contribution in [0.1, 0.15) is 11.1 Å². The van der Waals surface area contributed by atoms with Crippen molar-refractivity contribution in [2.45, 2.75) is 6.42 Å². The van der Waals surface area contributed by atoms with Crippen molar-refractivity contribution in [2.24, 2.45) is 0 Å². The predicted molar refractivity (Wildman–Crippen MR) is 73.5 cm³/mol. The summed E-state index contributed by atoms with van der Waals surface area (Å²) in [5.41, 5.74) is 2.14. The molecule has 0 nitrogen and oxygen atoms in total. The summed E-state index contributed by atoms with van der Waals surface area (Å²) in [6.45, 7) is 0.